The Morgan fingerprint density at radius 1 is 1.25 bits per heavy atom. The van der Waals surface area contributed by atoms with Crippen LogP contribution < -0.4 is 20.5 Å². The van der Waals surface area contributed by atoms with Crippen LogP contribution in [0.15, 0.2) is 36.4 Å². The lowest BCUT2D eigenvalue weighted by Gasteiger charge is -2.14. The van der Waals surface area contributed by atoms with Crippen LogP contribution in [0.5, 0.6) is 11.5 Å². The molecule has 0 saturated carbocycles. The predicted molar refractivity (Wildman–Crippen MR) is 98.0 cm³/mol. The van der Waals surface area contributed by atoms with E-state index in [1.165, 1.54) is 19.2 Å². The third-order valence-electron chi connectivity index (χ3n) is 3.06. The molecule has 1 amide bonds. The first-order valence-electron chi connectivity index (χ1n) is 6.77. The van der Waals surface area contributed by atoms with Gasteiger partial charge in [-0.1, -0.05) is 41.4 Å². The number of amides is 1. The molecule has 5 nitrogen and oxygen atoms in total. The maximum Gasteiger partial charge on any atom is 0.257 e. The zero-order chi connectivity index (χ0) is 17.7. The van der Waals surface area contributed by atoms with Crippen LogP contribution in [0, 0.1) is 0 Å². The molecule has 2 rings (SSSR count). The molecule has 0 radical (unpaired) electrons. The average Bonchev–Trinajstić information content (AvgIpc) is 2.53. The Balaban J connectivity index is 2.25. The normalized spacial score (nSPS) is 10.1. The zero-order valence-corrected chi connectivity index (χ0v) is 15.0. The topological polar surface area (TPSA) is 73.6 Å². The summed E-state index contributed by atoms with van der Waals surface area (Å²) < 4.78 is 11.0. The number of methoxy groups -OCH3 is 1. The van der Waals surface area contributed by atoms with E-state index in [0.29, 0.717) is 16.5 Å². The van der Waals surface area contributed by atoms with Gasteiger partial charge in [0.05, 0.1) is 12.1 Å². The monoisotopic (exact) mass is 384 g/mol. The molecule has 3 N–H and O–H groups in total. The molecule has 8 heteroatoms. The highest BCUT2D eigenvalue weighted by molar-refractivity contribution is 7.80. The first kappa shape index (κ1) is 18.3. The van der Waals surface area contributed by atoms with Crippen molar-refractivity contribution >= 4 is 46.4 Å². The standard InChI is InChI=1S/C16H14Cl2N2O3S/c1-22-13-7-10(15(21)20-16(19)24)6-12(18)14(13)23-8-9-4-2-3-5-11(9)17/h2-7H,8H2,1H3,(H3,19,20,21,24). The summed E-state index contributed by atoms with van der Waals surface area (Å²) in [6, 6.07) is 10.2. The van der Waals surface area contributed by atoms with Crippen molar-refractivity contribution < 1.29 is 14.3 Å². The number of halogens is 2. The van der Waals surface area contributed by atoms with Gasteiger partial charge in [-0.25, -0.2) is 0 Å². The van der Waals surface area contributed by atoms with Crippen LogP contribution in [0.4, 0.5) is 0 Å². The highest BCUT2D eigenvalue weighted by atomic mass is 35.5. The van der Waals surface area contributed by atoms with Crippen LogP contribution in [0.3, 0.4) is 0 Å². The molecule has 0 atom stereocenters. The SMILES string of the molecule is COc1cc(C(=O)NC(N)=S)cc(Cl)c1OCc1ccccc1Cl. The minimum Gasteiger partial charge on any atom is -0.493 e. The van der Waals surface area contributed by atoms with E-state index >= 15 is 0 Å². The van der Waals surface area contributed by atoms with Crippen molar-refractivity contribution in [3.8, 4) is 11.5 Å². The number of thiocarbonyl (C=S) groups is 1. The lowest BCUT2D eigenvalue weighted by molar-refractivity contribution is 0.0977. The highest BCUT2D eigenvalue weighted by Crippen LogP contribution is 2.37. The minimum atomic E-state index is -0.486. The van der Waals surface area contributed by atoms with Gasteiger partial charge in [-0.15, -0.1) is 0 Å². The van der Waals surface area contributed by atoms with E-state index in [2.05, 4.69) is 17.5 Å². The molecule has 0 aliphatic carbocycles. The number of ether oxygens (including phenoxy) is 2. The van der Waals surface area contributed by atoms with Gasteiger partial charge in [0.2, 0.25) is 0 Å². The first-order chi connectivity index (χ1) is 11.4. The van der Waals surface area contributed by atoms with Gasteiger partial charge in [0.15, 0.2) is 16.6 Å². The largest absolute Gasteiger partial charge is 0.493 e. The smallest absolute Gasteiger partial charge is 0.257 e. The van der Waals surface area contributed by atoms with E-state index in [4.69, 9.17) is 38.4 Å². The van der Waals surface area contributed by atoms with Gasteiger partial charge in [0, 0.05) is 16.1 Å². The molecule has 2 aromatic rings. The highest BCUT2D eigenvalue weighted by Gasteiger charge is 2.16. The van der Waals surface area contributed by atoms with Gasteiger partial charge in [-0.3, -0.25) is 10.1 Å². The Morgan fingerprint density at radius 3 is 2.58 bits per heavy atom. The third-order valence-corrected chi connectivity index (χ3v) is 3.81. The summed E-state index contributed by atoms with van der Waals surface area (Å²) in [5.74, 6) is 0.133. The summed E-state index contributed by atoms with van der Waals surface area (Å²) >= 11 is 17.0. The van der Waals surface area contributed by atoms with Crippen LogP contribution in [-0.2, 0) is 6.61 Å². The van der Waals surface area contributed by atoms with Crippen molar-refractivity contribution in [2.45, 2.75) is 6.61 Å². The van der Waals surface area contributed by atoms with Crippen molar-refractivity contribution in [3.05, 3.63) is 57.6 Å². The minimum absolute atomic E-state index is 0.130. The molecule has 0 unspecified atom stereocenters. The van der Waals surface area contributed by atoms with E-state index in [9.17, 15) is 4.79 Å². The molecule has 2 aromatic carbocycles. The number of hydrogen-bond acceptors (Lipinski definition) is 4. The lowest BCUT2D eigenvalue weighted by atomic mass is 10.2. The molecule has 24 heavy (non-hydrogen) atoms. The van der Waals surface area contributed by atoms with E-state index in [1.807, 2.05) is 18.2 Å². The second-order valence-corrected chi connectivity index (χ2v) is 5.94. The number of nitrogens with two attached hydrogens (primary N) is 1. The molecule has 0 aliphatic rings. The Labute approximate surface area is 154 Å². The van der Waals surface area contributed by atoms with Gasteiger partial charge >= 0.3 is 0 Å². The Hall–Kier alpha value is -2.02. The summed E-state index contributed by atoms with van der Waals surface area (Å²) in [4.78, 5) is 12.0. The van der Waals surface area contributed by atoms with E-state index < -0.39 is 5.91 Å². The fourth-order valence-electron chi connectivity index (χ4n) is 1.94. The van der Waals surface area contributed by atoms with Gasteiger partial charge in [-0.05, 0) is 30.4 Å². The lowest BCUT2D eigenvalue weighted by Crippen LogP contribution is -2.34. The molecule has 126 valence electrons. The number of carbonyl (C=O) groups excluding carboxylic acids is 1. The maximum absolute atomic E-state index is 12.0. The van der Waals surface area contributed by atoms with Crippen molar-refractivity contribution in [2.24, 2.45) is 5.73 Å². The van der Waals surface area contributed by atoms with E-state index in [0.717, 1.165) is 5.56 Å². The zero-order valence-electron chi connectivity index (χ0n) is 12.6. The van der Waals surface area contributed by atoms with Crippen molar-refractivity contribution in [1.29, 1.82) is 0 Å². The number of nitrogens with one attached hydrogen (secondary N) is 1. The average molecular weight is 385 g/mol. The van der Waals surface area contributed by atoms with Crippen LogP contribution in [0.25, 0.3) is 0 Å². The second-order valence-electron chi connectivity index (χ2n) is 4.69. The predicted octanol–water partition coefficient (Wildman–Crippen LogP) is 3.55. The third kappa shape index (κ3) is 4.50. The molecular formula is C16H14Cl2N2O3S. The van der Waals surface area contributed by atoms with Gasteiger partial charge in [0.1, 0.15) is 6.61 Å². The molecule has 0 aromatic heterocycles. The fraction of sp³-hybridized carbons (Fsp3) is 0.125. The number of hydrogen-bond donors (Lipinski definition) is 2. The molecule has 0 aliphatic heterocycles. The Kier molecular flexibility index (Phi) is 6.25. The number of carbonyl (C=O) groups is 1. The molecule has 0 heterocycles. The van der Waals surface area contributed by atoms with Crippen molar-refractivity contribution in [1.82, 2.24) is 5.32 Å². The van der Waals surface area contributed by atoms with Gasteiger partial charge < -0.3 is 15.2 Å². The molecule has 0 saturated heterocycles. The number of rotatable bonds is 5. The van der Waals surface area contributed by atoms with Gasteiger partial charge in [-0.2, -0.15) is 0 Å². The summed E-state index contributed by atoms with van der Waals surface area (Å²) in [6.07, 6.45) is 0. The quantitative estimate of drug-likeness (QED) is 0.770. The molecular weight excluding hydrogens is 371 g/mol. The summed E-state index contributed by atoms with van der Waals surface area (Å²) in [5.41, 5.74) is 6.34. The summed E-state index contributed by atoms with van der Waals surface area (Å²) in [6.45, 7) is 0.203. The van der Waals surface area contributed by atoms with Crippen molar-refractivity contribution in [3.63, 3.8) is 0 Å². The summed E-state index contributed by atoms with van der Waals surface area (Å²) in [7, 11) is 1.45. The first-order valence-corrected chi connectivity index (χ1v) is 7.93. The van der Waals surface area contributed by atoms with Crippen molar-refractivity contribution in [2.75, 3.05) is 7.11 Å². The second kappa shape index (κ2) is 8.19. The maximum atomic E-state index is 12.0. The van der Waals surface area contributed by atoms with Crippen LogP contribution in [0.1, 0.15) is 15.9 Å². The molecule has 0 spiro atoms. The van der Waals surface area contributed by atoms with E-state index in [-0.39, 0.29) is 22.3 Å². The van der Waals surface area contributed by atoms with Crippen LogP contribution >= 0.6 is 35.4 Å². The number of benzene rings is 2. The Bertz CT molecular complexity index is 784. The van der Waals surface area contributed by atoms with E-state index in [1.54, 1.807) is 6.07 Å². The van der Waals surface area contributed by atoms with Crippen LogP contribution in [-0.4, -0.2) is 18.1 Å². The van der Waals surface area contributed by atoms with Gasteiger partial charge in [0.25, 0.3) is 5.91 Å². The molecule has 0 bridgehead atoms. The van der Waals surface area contributed by atoms with Crippen LogP contribution in [0.2, 0.25) is 10.0 Å². The summed E-state index contributed by atoms with van der Waals surface area (Å²) in [5, 5.41) is 2.99. The fourth-order valence-corrected chi connectivity index (χ4v) is 2.49. The Morgan fingerprint density at radius 2 is 1.96 bits per heavy atom. The molecule has 0 fully saturated rings.